The van der Waals surface area contributed by atoms with Crippen molar-refractivity contribution in [3.05, 3.63) is 70.0 Å². The van der Waals surface area contributed by atoms with Gasteiger partial charge < -0.3 is 20.5 Å². The van der Waals surface area contributed by atoms with E-state index in [0.29, 0.717) is 11.4 Å². The lowest BCUT2D eigenvalue weighted by Gasteiger charge is -2.29. The van der Waals surface area contributed by atoms with E-state index in [1.165, 1.54) is 17.5 Å². The fraction of sp³-hybridized carbons (Fsp3) is 0.348. The van der Waals surface area contributed by atoms with Gasteiger partial charge in [0.05, 0.1) is 15.6 Å². The van der Waals surface area contributed by atoms with Crippen LogP contribution in [0.25, 0.3) is 0 Å². The molecule has 0 saturated heterocycles. The number of hydrogen-bond acceptors (Lipinski definition) is 5. The predicted molar refractivity (Wildman–Crippen MR) is 131 cm³/mol. The standard InChI is InChI=1S/C23H28ClN5O2S/c1-15(32-16(2)24)21(30)28-23(3,12-20-13-25-14-26-20)22(31)27-19-6-5-17-7-9-29(4)10-8-18(17)11-19/h5-6,11,13-14H,1-2,7-10,12H2,3-4H3,(H,25,26)(H,27,31)(H,28,30). The maximum absolute atomic E-state index is 13.4. The van der Waals surface area contributed by atoms with Gasteiger partial charge in [0.1, 0.15) is 5.54 Å². The van der Waals surface area contributed by atoms with E-state index in [1.807, 2.05) is 12.1 Å². The summed E-state index contributed by atoms with van der Waals surface area (Å²) in [4.78, 5) is 35.5. The summed E-state index contributed by atoms with van der Waals surface area (Å²) >= 11 is 6.74. The molecule has 0 aliphatic carbocycles. The largest absolute Gasteiger partial charge is 0.348 e. The molecular formula is C23H28ClN5O2S. The van der Waals surface area contributed by atoms with Crippen molar-refractivity contribution in [1.82, 2.24) is 20.2 Å². The molecule has 1 unspecified atom stereocenters. The van der Waals surface area contributed by atoms with E-state index >= 15 is 0 Å². The Morgan fingerprint density at radius 1 is 1.28 bits per heavy atom. The Morgan fingerprint density at radius 3 is 2.66 bits per heavy atom. The van der Waals surface area contributed by atoms with Gasteiger partial charge in [-0.05, 0) is 50.1 Å². The molecule has 2 amide bonds. The van der Waals surface area contributed by atoms with Crippen LogP contribution in [0.1, 0.15) is 23.7 Å². The quantitative estimate of drug-likeness (QED) is 0.511. The molecular weight excluding hydrogens is 446 g/mol. The van der Waals surface area contributed by atoms with Gasteiger partial charge in [0.25, 0.3) is 5.91 Å². The minimum Gasteiger partial charge on any atom is -0.348 e. The summed E-state index contributed by atoms with van der Waals surface area (Å²) in [5, 5.41) is 5.79. The third-order valence-corrected chi connectivity index (χ3v) is 6.35. The first-order valence-corrected chi connectivity index (χ1v) is 11.5. The summed E-state index contributed by atoms with van der Waals surface area (Å²) in [5.41, 5.74) is 2.69. The number of hydrogen-bond donors (Lipinski definition) is 3. The highest BCUT2D eigenvalue weighted by atomic mass is 35.5. The van der Waals surface area contributed by atoms with Gasteiger partial charge in [0.15, 0.2) is 0 Å². The number of anilines is 1. The molecule has 3 N–H and O–H groups in total. The fourth-order valence-electron chi connectivity index (χ4n) is 3.63. The number of halogens is 1. The van der Waals surface area contributed by atoms with Crippen LogP contribution < -0.4 is 10.6 Å². The second-order valence-electron chi connectivity index (χ2n) is 8.16. The van der Waals surface area contributed by atoms with Gasteiger partial charge in [-0.25, -0.2) is 4.98 Å². The Balaban J connectivity index is 1.80. The molecule has 170 valence electrons. The summed E-state index contributed by atoms with van der Waals surface area (Å²) in [6, 6.07) is 6.00. The highest BCUT2D eigenvalue weighted by Crippen LogP contribution is 2.27. The van der Waals surface area contributed by atoms with Crippen LogP contribution in [0.3, 0.4) is 0 Å². The second-order valence-corrected chi connectivity index (χ2v) is 10.0. The number of nitrogens with zero attached hydrogens (tertiary/aromatic N) is 2. The number of benzene rings is 1. The van der Waals surface area contributed by atoms with Crippen molar-refractivity contribution in [3.8, 4) is 0 Å². The van der Waals surface area contributed by atoms with Gasteiger partial charge in [-0.1, -0.05) is 42.6 Å². The van der Waals surface area contributed by atoms with Crippen molar-refractivity contribution >= 4 is 40.9 Å². The molecule has 3 rings (SSSR count). The van der Waals surface area contributed by atoms with E-state index < -0.39 is 11.4 Å². The molecule has 0 fully saturated rings. The molecule has 1 atom stereocenters. The van der Waals surface area contributed by atoms with E-state index in [2.05, 4.69) is 51.8 Å². The van der Waals surface area contributed by atoms with Crippen LogP contribution >= 0.6 is 23.4 Å². The van der Waals surface area contributed by atoms with Gasteiger partial charge in [-0.15, -0.1) is 0 Å². The third-order valence-electron chi connectivity index (χ3n) is 5.47. The molecule has 1 aromatic carbocycles. The molecule has 0 radical (unpaired) electrons. The molecule has 0 spiro atoms. The van der Waals surface area contributed by atoms with E-state index in [9.17, 15) is 9.59 Å². The molecule has 1 aliphatic rings. The fourth-order valence-corrected chi connectivity index (χ4v) is 4.32. The van der Waals surface area contributed by atoms with Crippen LogP contribution in [0, 0.1) is 0 Å². The van der Waals surface area contributed by atoms with Gasteiger partial charge in [-0.3, -0.25) is 9.59 Å². The highest BCUT2D eigenvalue weighted by Gasteiger charge is 2.36. The zero-order valence-electron chi connectivity index (χ0n) is 18.3. The summed E-state index contributed by atoms with van der Waals surface area (Å²) in [5.74, 6) is -0.826. The Labute approximate surface area is 197 Å². The molecule has 7 nitrogen and oxygen atoms in total. The number of amides is 2. The monoisotopic (exact) mass is 473 g/mol. The van der Waals surface area contributed by atoms with E-state index in [0.717, 1.165) is 37.7 Å². The number of carbonyl (C=O) groups excluding carboxylic acids is 2. The molecule has 2 heterocycles. The van der Waals surface area contributed by atoms with Crippen LogP contribution in [0.4, 0.5) is 5.69 Å². The van der Waals surface area contributed by atoms with Crippen LogP contribution in [-0.4, -0.2) is 52.4 Å². The number of aromatic nitrogens is 2. The van der Waals surface area contributed by atoms with Crippen molar-refractivity contribution in [3.63, 3.8) is 0 Å². The summed E-state index contributed by atoms with van der Waals surface area (Å²) in [7, 11) is 2.11. The average molecular weight is 474 g/mol. The number of fused-ring (bicyclic) bond motifs is 1. The van der Waals surface area contributed by atoms with Gasteiger partial charge >= 0.3 is 0 Å². The zero-order chi connectivity index (χ0) is 23.3. The number of imidazole rings is 1. The molecule has 1 aromatic heterocycles. The third kappa shape index (κ3) is 6.25. The van der Waals surface area contributed by atoms with Crippen LogP contribution in [-0.2, 0) is 28.9 Å². The number of H-pyrrole nitrogens is 1. The Bertz CT molecular complexity index is 1020. The second kappa shape index (κ2) is 10.4. The SMILES string of the molecule is C=C(Cl)SC(=C)C(=O)NC(C)(Cc1cnc[nH]1)C(=O)Nc1ccc2c(c1)CCN(C)CC2. The first-order chi connectivity index (χ1) is 15.2. The lowest BCUT2D eigenvalue weighted by Crippen LogP contribution is -2.56. The van der Waals surface area contributed by atoms with Crippen LogP contribution in [0.15, 0.2) is 53.2 Å². The van der Waals surface area contributed by atoms with E-state index in [4.69, 9.17) is 11.6 Å². The predicted octanol–water partition coefficient (Wildman–Crippen LogP) is 3.45. The number of aromatic amines is 1. The number of nitrogens with one attached hydrogen (secondary N) is 3. The molecule has 2 aromatic rings. The van der Waals surface area contributed by atoms with Crippen LogP contribution in [0.2, 0.25) is 0 Å². The maximum Gasteiger partial charge on any atom is 0.258 e. The minimum absolute atomic E-state index is 0.155. The van der Waals surface area contributed by atoms with Crippen molar-refractivity contribution < 1.29 is 9.59 Å². The summed E-state index contributed by atoms with van der Waals surface area (Å²) in [6.45, 7) is 11.0. The minimum atomic E-state index is -1.26. The Hall–Kier alpha value is -2.55. The Kier molecular flexibility index (Phi) is 7.82. The first-order valence-electron chi connectivity index (χ1n) is 10.3. The molecule has 0 bridgehead atoms. The van der Waals surface area contributed by atoms with E-state index in [1.54, 1.807) is 13.1 Å². The Morgan fingerprint density at radius 2 is 2.00 bits per heavy atom. The van der Waals surface area contributed by atoms with Gasteiger partial charge in [0.2, 0.25) is 5.91 Å². The summed E-state index contributed by atoms with van der Waals surface area (Å²) < 4.78 is 0.223. The first kappa shape index (κ1) is 24.1. The molecule has 0 saturated carbocycles. The maximum atomic E-state index is 13.4. The number of thioether (sulfide) groups is 1. The van der Waals surface area contributed by atoms with Gasteiger partial charge in [-0.2, -0.15) is 0 Å². The smallest absolute Gasteiger partial charge is 0.258 e. The lowest BCUT2D eigenvalue weighted by molar-refractivity contribution is -0.127. The number of carbonyl (C=O) groups is 2. The van der Waals surface area contributed by atoms with Crippen molar-refractivity contribution in [2.75, 3.05) is 25.5 Å². The van der Waals surface area contributed by atoms with Crippen molar-refractivity contribution in [2.24, 2.45) is 0 Å². The lowest BCUT2D eigenvalue weighted by atomic mass is 9.94. The topological polar surface area (TPSA) is 90.1 Å². The van der Waals surface area contributed by atoms with Crippen LogP contribution in [0.5, 0.6) is 0 Å². The zero-order valence-corrected chi connectivity index (χ0v) is 19.9. The normalized spacial score (nSPS) is 15.7. The molecule has 1 aliphatic heterocycles. The van der Waals surface area contributed by atoms with Crippen molar-refractivity contribution in [2.45, 2.75) is 31.7 Å². The number of likely N-dealkylation sites (N-methyl/N-ethyl adjacent to an activating group) is 1. The highest BCUT2D eigenvalue weighted by molar-refractivity contribution is 8.08. The average Bonchev–Trinajstić information content (AvgIpc) is 3.16. The molecule has 9 heteroatoms. The number of rotatable bonds is 8. The summed E-state index contributed by atoms with van der Waals surface area (Å²) in [6.07, 6.45) is 5.29. The molecule has 32 heavy (non-hydrogen) atoms. The van der Waals surface area contributed by atoms with Gasteiger partial charge in [0, 0.05) is 37.1 Å². The van der Waals surface area contributed by atoms with E-state index in [-0.39, 0.29) is 21.6 Å². The van der Waals surface area contributed by atoms with Crippen molar-refractivity contribution in [1.29, 1.82) is 0 Å².